The van der Waals surface area contributed by atoms with Crippen LogP contribution in [0.2, 0.25) is 0 Å². The molecule has 1 aliphatic carbocycles. The molecule has 0 aromatic heterocycles. The van der Waals surface area contributed by atoms with E-state index in [1.54, 1.807) is 25.3 Å². The summed E-state index contributed by atoms with van der Waals surface area (Å²) in [6.07, 6.45) is 8.03. The number of nitrogens with one attached hydrogen (secondary N) is 2. The molecule has 1 heterocycles. The van der Waals surface area contributed by atoms with Crippen molar-refractivity contribution in [1.82, 2.24) is 10.2 Å². The van der Waals surface area contributed by atoms with E-state index in [1.807, 2.05) is 6.92 Å². The number of carbonyl (C=O) groups excluding carboxylic acids is 2. The van der Waals surface area contributed by atoms with Crippen molar-refractivity contribution in [3.8, 4) is 5.75 Å². The van der Waals surface area contributed by atoms with Gasteiger partial charge in [0, 0.05) is 30.9 Å². The molecule has 1 saturated heterocycles. The number of carbonyl (C=O) groups is 2. The molecule has 0 unspecified atom stereocenters. The van der Waals surface area contributed by atoms with Crippen molar-refractivity contribution in [2.24, 2.45) is 5.92 Å². The molecular weight excluding hydrogens is 342 g/mol. The zero-order valence-corrected chi connectivity index (χ0v) is 16.4. The number of benzene rings is 1. The van der Waals surface area contributed by atoms with Crippen molar-refractivity contribution in [3.05, 3.63) is 23.8 Å². The minimum absolute atomic E-state index is 0.0467. The van der Waals surface area contributed by atoms with Gasteiger partial charge in [-0.2, -0.15) is 0 Å². The fourth-order valence-corrected chi connectivity index (χ4v) is 4.39. The second kappa shape index (κ2) is 9.11. The molecule has 3 rings (SSSR count). The lowest BCUT2D eigenvalue weighted by molar-refractivity contribution is 0.0388. The largest absolute Gasteiger partial charge is 0.496 e. The van der Waals surface area contributed by atoms with E-state index in [0.717, 1.165) is 25.8 Å². The standard InChI is InChI=1S/C21H31N3O3/c1-3-12-22-21(26)23-16-10-11-17(19(14-16)27-2)20(25)24-13-6-8-15-7-4-5-9-18(15)24/h10-11,14-15,18H,3-9,12-13H2,1-2H3,(H2,22,23,26)/t15-,18-/m1/s1. The summed E-state index contributed by atoms with van der Waals surface area (Å²) in [7, 11) is 1.56. The van der Waals surface area contributed by atoms with Crippen LogP contribution in [0.1, 0.15) is 62.2 Å². The van der Waals surface area contributed by atoms with E-state index in [0.29, 0.717) is 35.5 Å². The highest BCUT2D eigenvalue weighted by Gasteiger charge is 2.36. The average molecular weight is 373 g/mol. The number of piperidine rings is 1. The maximum atomic E-state index is 13.3. The third kappa shape index (κ3) is 4.54. The number of likely N-dealkylation sites (tertiary alicyclic amines) is 1. The Morgan fingerprint density at radius 1 is 1.19 bits per heavy atom. The lowest BCUT2D eigenvalue weighted by Crippen LogP contribution is -2.49. The second-order valence-corrected chi connectivity index (χ2v) is 7.55. The topological polar surface area (TPSA) is 70.7 Å². The molecule has 0 radical (unpaired) electrons. The monoisotopic (exact) mass is 373 g/mol. The summed E-state index contributed by atoms with van der Waals surface area (Å²) < 4.78 is 5.48. The van der Waals surface area contributed by atoms with Gasteiger partial charge in [0.05, 0.1) is 12.7 Å². The second-order valence-electron chi connectivity index (χ2n) is 7.55. The van der Waals surface area contributed by atoms with Crippen LogP contribution in [-0.4, -0.2) is 43.1 Å². The molecular formula is C21H31N3O3. The van der Waals surface area contributed by atoms with Crippen LogP contribution >= 0.6 is 0 Å². The first-order valence-electron chi connectivity index (χ1n) is 10.2. The highest BCUT2D eigenvalue weighted by molar-refractivity contribution is 5.98. The Hall–Kier alpha value is -2.24. The Morgan fingerprint density at radius 3 is 2.74 bits per heavy atom. The van der Waals surface area contributed by atoms with Crippen molar-refractivity contribution in [2.45, 2.75) is 57.9 Å². The lowest BCUT2D eigenvalue weighted by atomic mass is 9.78. The van der Waals surface area contributed by atoms with E-state index >= 15 is 0 Å². The minimum Gasteiger partial charge on any atom is -0.496 e. The summed E-state index contributed by atoms with van der Waals surface area (Å²) >= 11 is 0. The molecule has 6 heteroatoms. The van der Waals surface area contributed by atoms with E-state index in [-0.39, 0.29) is 11.9 Å². The van der Waals surface area contributed by atoms with Crippen molar-refractivity contribution in [1.29, 1.82) is 0 Å². The van der Waals surface area contributed by atoms with Crippen LogP contribution in [-0.2, 0) is 0 Å². The van der Waals surface area contributed by atoms with Gasteiger partial charge in [-0.05, 0) is 50.2 Å². The smallest absolute Gasteiger partial charge is 0.319 e. The van der Waals surface area contributed by atoms with Crippen LogP contribution in [0.25, 0.3) is 0 Å². The molecule has 2 N–H and O–H groups in total. The number of fused-ring (bicyclic) bond motifs is 1. The van der Waals surface area contributed by atoms with Gasteiger partial charge in [0.1, 0.15) is 5.75 Å². The van der Waals surface area contributed by atoms with Crippen LogP contribution in [0.15, 0.2) is 18.2 Å². The molecule has 2 aliphatic rings. The van der Waals surface area contributed by atoms with Crippen LogP contribution in [0.5, 0.6) is 5.75 Å². The van der Waals surface area contributed by atoms with Crippen molar-refractivity contribution in [2.75, 3.05) is 25.5 Å². The lowest BCUT2D eigenvalue weighted by Gasteiger charge is -2.44. The Kier molecular flexibility index (Phi) is 6.58. The first-order chi connectivity index (χ1) is 13.1. The van der Waals surface area contributed by atoms with Gasteiger partial charge in [-0.25, -0.2) is 4.79 Å². The van der Waals surface area contributed by atoms with Crippen molar-refractivity contribution in [3.63, 3.8) is 0 Å². The molecule has 1 aromatic rings. The first kappa shape index (κ1) is 19.5. The third-order valence-corrected chi connectivity index (χ3v) is 5.73. The van der Waals surface area contributed by atoms with Crippen LogP contribution in [0.4, 0.5) is 10.5 Å². The predicted octanol–water partition coefficient (Wildman–Crippen LogP) is 4.02. The maximum Gasteiger partial charge on any atom is 0.319 e. The number of urea groups is 1. The molecule has 2 fully saturated rings. The molecule has 1 saturated carbocycles. The normalized spacial score (nSPS) is 21.9. The van der Waals surface area contributed by atoms with Gasteiger partial charge in [0.15, 0.2) is 0 Å². The number of hydrogen-bond donors (Lipinski definition) is 2. The number of rotatable bonds is 5. The molecule has 1 aliphatic heterocycles. The van der Waals surface area contributed by atoms with E-state index in [2.05, 4.69) is 15.5 Å². The molecule has 0 bridgehead atoms. The highest BCUT2D eigenvalue weighted by atomic mass is 16.5. The Balaban J connectivity index is 1.75. The van der Waals surface area contributed by atoms with Gasteiger partial charge in [0.2, 0.25) is 0 Å². The van der Waals surface area contributed by atoms with Crippen LogP contribution in [0, 0.1) is 5.92 Å². The highest BCUT2D eigenvalue weighted by Crippen LogP contribution is 2.37. The summed E-state index contributed by atoms with van der Waals surface area (Å²) in [5, 5.41) is 5.56. The summed E-state index contributed by atoms with van der Waals surface area (Å²) in [4.78, 5) is 27.2. The van der Waals surface area contributed by atoms with Crippen molar-refractivity contribution < 1.29 is 14.3 Å². The van der Waals surface area contributed by atoms with Gasteiger partial charge in [-0.15, -0.1) is 0 Å². The first-order valence-corrected chi connectivity index (χ1v) is 10.2. The number of ether oxygens (including phenoxy) is 1. The molecule has 0 spiro atoms. The number of anilines is 1. The molecule has 3 amide bonds. The zero-order valence-electron chi connectivity index (χ0n) is 16.4. The van der Waals surface area contributed by atoms with Crippen LogP contribution < -0.4 is 15.4 Å². The van der Waals surface area contributed by atoms with Gasteiger partial charge in [-0.1, -0.05) is 19.8 Å². The summed E-state index contributed by atoms with van der Waals surface area (Å²) in [5.41, 5.74) is 1.19. The molecule has 6 nitrogen and oxygen atoms in total. The predicted molar refractivity (Wildman–Crippen MR) is 106 cm³/mol. The maximum absolute atomic E-state index is 13.3. The zero-order chi connectivity index (χ0) is 19.2. The Bertz CT molecular complexity index is 675. The minimum atomic E-state index is -0.251. The van der Waals surface area contributed by atoms with E-state index < -0.39 is 0 Å². The quantitative estimate of drug-likeness (QED) is 0.819. The number of hydrogen-bond acceptors (Lipinski definition) is 3. The average Bonchev–Trinajstić information content (AvgIpc) is 2.71. The number of methoxy groups -OCH3 is 1. The van der Waals surface area contributed by atoms with E-state index in [4.69, 9.17) is 4.74 Å². The molecule has 1 aromatic carbocycles. The Morgan fingerprint density at radius 2 is 1.96 bits per heavy atom. The fourth-order valence-electron chi connectivity index (χ4n) is 4.39. The summed E-state index contributed by atoms with van der Waals surface area (Å²) in [6, 6.07) is 5.37. The third-order valence-electron chi connectivity index (χ3n) is 5.73. The number of nitrogens with zero attached hydrogens (tertiary/aromatic N) is 1. The fraction of sp³-hybridized carbons (Fsp3) is 0.619. The Labute approximate surface area is 161 Å². The molecule has 2 atom stereocenters. The molecule has 148 valence electrons. The van der Waals surface area contributed by atoms with Gasteiger partial charge in [-0.3, -0.25) is 4.79 Å². The van der Waals surface area contributed by atoms with Crippen LogP contribution in [0.3, 0.4) is 0 Å². The number of amides is 3. The van der Waals surface area contributed by atoms with E-state index in [1.165, 1.54) is 25.7 Å². The van der Waals surface area contributed by atoms with E-state index in [9.17, 15) is 9.59 Å². The van der Waals surface area contributed by atoms with Gasteiger partial charge >= 0.3 is 6.03 Å². The van der Waals surface area contributed by atoms with Crippen molar-refractivity contribution >= 4 is 17.6 Å². The van der Waals surface area contributed by atoms with Gasteiger partial charge < -0.3 is 20.3 Å². The summed E-state index contributed by atoms with van der Waals surface area (Å²) in [6.45, 7) is 3.45. The van der Waals surface area contributed by atoms with Gasteiger partial charge in [0.25, 0.3) is 5.91 Å². The SMILES string of the molecule is CCCNC(=O)Nc1ccc(C(=O)N2CCC[C@H]3CCCC[C@H]32)c(OC)c1. The molecule has 27 heavy (non-hydrogen) atoms. The summed E-state index contributed by atoms with van der Waals surface area (Å²) in [5.74, 6) is 1.20.